The van der Waals surface area contributed by atoms with E-state index in [4.69, 9.17) is 11.6 Å². The number of nitrogens with zero attached hydrogens (tertiary/aromatic N) is 2. The van der Waals surface area contributed by atoms with Gasteiger partial charge in [0, 0.05) is 18.0 Å². The maximum atomic E-state index is 12.3. The van der Waals surface area contributed by atoms with Crippen molar-refractivity contribution >= 4 is 22.5 Å². The van der Waals surface area contributed by atoms with Gasteiger partial charge in [0.1, 0.15) is 5.82 Å². The highest BCUT2D eigenvalue weighted by atomic mass is 35.5. The molecule has 0 fully saturated rings. The highest BCUT2D eigenvalue weighted by Crippen LogP contribution is 2.18. The van der Waals surface area contributed by atoms with Crippen LogP contribution in [-0.2, 0) is 13.0 Å². The Morgan fingerprint density at radius 1 is 1.24 bits per heavy atom. The second kappa shape index (κ2) is 4.15. The van der Waals surface area contributed by atoms with Crippen molar-refractivity contribution in [2.75, 3.05) is 0 Å². The monoisotopic (exact) mass is 248 g/mol. The van der Waals surface area contributed by atoms with E-state index in [-0.39, 0.29) is 5.56 Å². The molecule has 0 aliphatic carbocycles. The fourth-order valence-electron chi connectivity index (χ4n) is 2.39. The molecule has 0 radical (unpaired) electrons. The minimum absolute atomic E-state index is 0.0504. The summed E-state index contributed by atoms with van der Waals surface area (Å²) in [5, 5.41) is 1.22. The molecule has 1 aliphatic rings. The van der Waals surface area contributed by atoms with Crippen LogP contribution in [0.4, 0.5) is 0 Å². The summed E-state index contributed by atoms with van der Waals surface area (Å²) in [4.78, 5) is 16.9. The third-order valence-corrected chi connectivity index (χ3v) is 3.51. The Hall–Kier alpha value is -1.35. The molecule has 1 aromatic heterocycles. The molecule has 3 rings (SSSR count). The van der Waals surface area contributed by atoms with Crippen molar-refractivity contribution in [1.82, 2.24) is 9.55 Å². The van der Waals surface area contributed by atoms with E-state index in [2.05, 4.69) is 4.98 Å². The lowest BCUT2D eigenvalue weighted by Gasteiger charge is -2.09. The van der Waals surface area contributed by atoms with Gasteiger partial charge in [-0.25, -0.2) is 4.98 Å². The first kappa shape index (κ1) is 10.8. The highest BCUT2D eigenvalue weighted by molar-refractivity contribution is 6.31. The van der Waals surface area contributed by atoms with E-state index in [0.29, 0.717) is 10.4 Å². The van der Waals surface area contributed by atoms with Crippen LogP contribution < -0.4 is 5.56 Å². The number of hydrogen-bond acceptors (Lipinski definition) is 2. The molecule has 2 aromatic rings. The van der Waals surface area contributed by atoms with Crippen LogP contribution in [0.2, 0.25) is 5.02 Å². The molecule has 2 heterocycles. The van der Waals surface area contributed by atoms with Gasteiger partial charge in [0.15, 0.2) is 0 Å². The fourth-order valence-corrected chi connectivity index (χ4v) is 2.56. The van der Waals surface area contributed by atoms with E-state index < -0.39 is 0 Å². The highest BCUT2D eigenvalue weighted by Gasteiger charge is 2.13. The van der Waals surface area contributed by atoms with Crippen LogP contribution in [0.1, 0.15) is 25.1 Å². The van der Waals surface area contributed by atoms with Gasteiger partial charge in [-0.05, 0) is 31.0 Å². The van der Waals surface area contributed by atoms with E-state index in [1.54, 1.807) is 12.1 Å². The summed E-state index contributed by atoms with van der Waals surface area (Å²) in [6.45, 7) is 0.781. The summed E-state index contributed by atoms with van der Waals surface area (Å²) in [7, 11) is 0. The van der Waals surface area contributed by atoms with E-state index >= 15 is 0 Å². The summed E-state index contributed by atoms with van der Waals surface area (Å²) < 4.78 is 1.81. The first-order valence-electron chi connectivity index (χ1n) is 5.95. The lowest BCUT2D eigenvalue weighted by Crippen LogP contribution is -2.24. The average molecular weight is 249 g/mol. The van der Waals surface area contributed by atoms with Gasteiger partial charge in [0.05, 0.1) is 10.9 Å². The predicted octanol–water partition coefficient (Wildman–Crippen LogP) is 2.78. The molecule has 0 saturated carbocycles. The summed E-state index contributed by atoms with van der Waals surface area (Å²) in [5.41, 5.74) is 0.807. The van der Waals surface area contributed by atoms with Crippen molar-refractivity contribution in [2.24, 2.45) is 0 Å². The van der Waals surface area contributed by atoms with Crippen LogP contribution >= 0.6 is 11.6 Å². The molecule has 0 atom stereocenters. The van der Waals surface area contributed by atoms with E-state index in [1.807, 2.05) is 10.6 Å². The molecule has 0 bridgehead atoms. The van der Waals surface area contributed by atoms with Gasteiger partial charge in [0.2, 0.25) is 0 Å². The van der Waals surface area contributed by atoms with Crippen LogP contribution in [0.25, 0.3) is 10.9 Å². The largest absolute Gasteiger partial charge is 0.296 e. The maximum absolute atomic E-state index is 12.3. The van der Waals surface area contributed by atoms with Crippen LogP contribution in [0, 0.1) is 0 Å². The molecule has 4 heteroatoms. The Bertz CT molecular complexity index is 633. The Morgan fingerprint density at radius 2 is 2.12 bits per heavy atom. The van der Waals surface area contributed by atoms with Gasteiger partial charge < -0.3 is 0 Å². The Balaban J connectivity index is 2.33. The summed E-state index contributed by atoms with van der Waals surface area (Å²) in [6.07, 6.45) is 4.24. The minimum atomic E-state index is 0.0504. The number of rotatable bonds is 0. The molecule has 0 unspecified atom stereocenters. The number of aryl methyl sites for hydroxylation is 1. The van der Waals surface area contributed by atoms with E-state index in [0.717, 1.165) is 37.1 Å². The molecule has 0 amide bonds. The zero-order chi connectivity index (χ0) is 11.8. The van der Waals surface area contributed by atoms with Crippen molar-refractivity contribution in [3.63, 3.8) is 0 Å². The van der Waals surface area contributed by atoms with Crippen molar-refractivity contribution in [1.29, 1.82) is 0 Å². The van der Waals surface area contributed by atoms with Crippen molar-refractivity contribution in [3.8, 4) is 0 Å². The quantitative estimate of drug-likeness (QED) is 0.719. The Labute approximate surface area is 104 Å². The van der Waals surface area contributed by atoms with E-state index in [1.165, 1.54) is 6.42 Å². The van der Waals surface area contributed by atoms with Crippen molar-refractivity contribution < 1.29 is 0 Å². The molecule has 1 aromatic carbocycles. The predicted molar refractivity (Wildman–Crippen MR) is 68.6 cm³/mol. The summed E-state index contributed by atoms with van der Waals surface area (Å²) in [6, 6.07) is 5.32. The zero-order valence-electron chi connectivity index (χ0n) is 9.45. The second-order valence-corrected chi connectivity index (χ2v) is 4.89. The number of halogens is 1. The van der Waals surface area contributed by atoms with E-state index in [9.17, 15) is 4.79 Å². The average Bonchev–Trinajstić information content (AvgIpc) is 2.56. The van der Waals surface area contributed by atoms with Crippen LogP contribution in [0.5, 0.6) is 0 Å². The number of hydrogen-bond donors (Lipinski definition) is 0. The third kappa shape index (κ3) is 1.84. The summed E-state index contributed by atoms with van der Waals surface area (Å²) in [5.74, 6) is 0.919. The third-order valence-electron chi connectivity index (χ3n) is 3.28. The smallest absolute Gasteiger partial charge is 0.261 e. The molecule has 0 spiro atoms. The van der Waals surface area contributed by atoms with Gasteiger partial charge in [-0.15, -0.1) is 0 Å². The SMILES string of the molecule is O=c1c2cc(Cl)ccc2nc2n1CCCCC2. The number of fused-ring (bicyclic) bond motifs is 2. The first-order valence-corrected chi connectivity index (χ1v) is 6.32. The normalized spacial score (nSPS) is 15.6. The topological polar surface area (TPSA) is 34.9 Å². The van der Waals surface area contributed by atoms with Gasteiger partial charge in [0.25, 0.3) is 5.56 Å². The Kier molecular flexibility index (Phi) is 2.63. The van der Waals surface area contributed by atoms with Crippen molar-refractivity contribution in [3.05, 3.63) is 39.4 Å². The molecule has 1 aliphatic heterocycles. The summed E-state index contributed by atoms with van der Waals surface area (Å²) >= 11 is 5.93. The molecular weight excluding hydrogens is 236 g/mol. The van der Waals surface area contributed by atoms with Crippen LogP contribution in [-0.4, -0.2) is 9.55 Å². The zero-order valence-corrected chi connectivity index (χ0v) is 10.2. The molecule has 0 saturated heterocycles. The standard InChI is InChI=1S/C13H13ClN2O/c14-9-5-6-11-10(8-9)13(17)16-7-3-1-2-4-12(16)15-11/h5-6,8H,1-4,7H2. The lowest BCUT2D eigenvalue weighted by atomic mass is 10.2. The first-order chi connectivity index (χ1) is 8.25. The number of aromatic nitrogens is 2. The molecular formula is C13H13ClN2O. The lowest BCUT2D eigenvalue weighted by molar-refractivity contribution is 0.614. The molecule has 0 N–H and O–H groups in total. The fraction of sp³-hybridized carbons (Fsp3) is 0.385. The van der Waals surface area contributed by atoms with Crippen molar-refractivity contribution in [2.45, 2.75) is 32.2 Å². The van der Waals surface area contributed by atoms with Gasteiger partial charge in [-0.1, -0.05) is 18.0 Å². The van der Waals surface area contributed by atoms with Crippen LogP contribution in [0.15, 0.2) is 23.0 Å². The molecule has 3 nitrogen and oxygen atoms in total. The van der Waals surface area contributed by atoms with Gasteiger partial charge in [-0.2, -0.15) is 0 Å². The van der Waals surface area contributed by atoms with Gasteiger partial charge in [-0.3, -0.25) is 9.36 Å². The van der Waals surface area contributed by atoms with Gasteiger partial charge >= 0.3 is 0 Å². The van der Waals surface area contributed by atoms with Crippen LogP contribution in [0.3, 0.4) is 0 Å². The minimum Gasteiger partial charge on any atom is -0.296 e. The molecule has 88 valence electrons. The second-order valence-electron chi connectivity index (χ2n) is 4.46. The molecule has 17 heavy (non-hydrogen) atoms. The maximum Gasteiger partial charge on any atom is 0.261 e. The number of benzene rings is 1. The Morgan fingerprint density at radius 3 is 3.00 bits per heavy atom.